The highest BCUT2D eigenvalue weighted by molar-refractivity contribution is 5.96. The summed E-state index contributed by atoms with van der Waals surface area (Å²) in [4.78, 5) is 11.6. The second kappa shape index (κ2) is 6.49. The minimum atomic E-state index is -0.876. The quantitative estimate of drug-likeness (QED) is 0.711. The van der Waals surface area contributed by atoms with E-state index in [0.29, 0.717) is 12.0 Å². The van der Waals surface area contributed by atoms with Gasteiger partial charge in [-0.3, -0.25) is 0 Å². The van der Waals surface area contributed by atoms with E-state index in [9.17, 15) is 9.90 Å². The van der Waals surface area contributed by atoms with Gasteiger partial charge in [-0.1, -0.05) is 73.7 Å². The number of aromatic carboxylic acids is 1. The molecule has 3 rings (SSSR count). The molecule has 0 aliphatic rings. The Labute approximate surface area is 136 Å². The zero-order valence-corrected chi connectivity index (χ0v) is 13.0. The lowest BCUT2D eigenvalue weighted by molar-refractivity contribution is 0.0696. The third kappa shape index (κ3) is 2.88. The van der Waals surface area contributed by atoms with E-state index in [1.54, 1.807) is 6.07 Å². The highest BCUT2D eigenvalue weighted by atomic mass is 16.4. The summed E-state index contributed by atoms with van der Waals surface area (Å²) in [5, 5.41) is 9.53. The van der Waals surface area contributed by atoms with Crippen LogP contribution in [0.3, 0.4) is 0 Å². The van der Waals surface area contributed by atoms with Crippen molar-refractivity contribution in [1.29, 1.82) is 0 Å². The van der Waals surface area contributed by atoms with Crippen molar-refractivity contribution in [2.24, 2.45) is 0 Å². The third-order valence-corrected chi connectivity index (χ3v) is 4.04. The van der Waals surface area contributed by atoms with Crippen molar-refractivity contribution in [1.82, 2.24) is 0 Å². The van der Waals surface area contributed by atoms with Gasteiger partial charge in [-0.25, -0.2) is 4.79 Å². The summed E-state index contributed by atoms with van der Waals surface area (Å²) in [6.45, 7) is 2.00. The molecule has 0 fully saturated rings. The number of carbonyl (C=O) groups is 1. The molecule has 0 bridgehead atoms. The van der Waals surface area contributed by atoms with Crippen LogP contribution in [0.15, 0.2) is 72.8 Å². The van der Waals surface area contributed by atoms with Crippen molar-refractivity contribution in [2.75, 3.05) is 0 Å². The van der Waals surface area contributed by atoms with E-state index < -0.39 is 5.97 Å². The van der Waals surface area contributed by atoms with Gasteiger partial charge in [0.1, 0.15) is 0 Å². The van der Waals surface area contributed by atoms with Crippen LogP contribution in [-0.4, -0.2) is 11.1 Å². The Balaban J connectivity index is 2.35. The van der Waals surface area contributed by atoms with Crippen LogP contribution in [0.1, 0.15) is 22.8 Å². The second-order valence-electron chi connectivity index (χ2n) is 5.40. The average Bonchev–Trinajstić information content (AvgIpc) is 2.61. The molecule has 0 saturated heterocycles. The van der Waals surface area contributed by atoms with Crippen LogP contribution in [0, 0.1) is 0 Å². The first-order valence-electron chi connectivity index (χ1n) is 7.72. The van der Waals surface area contributed by atoms with E-state index in [4.69, 9.17) is 0 Å². The fourth-order valence-corrected chi connectivity index (χ4v) is 3.01. The maximum atomic E-state index is 11.6. The molecule has 0 aliphatic carbocycles. The fourth-order valence-electron chi connectivity index (χ4n) is 3.01. The van der Waals surface area contributed by atoms with Crippen molar-refractivity contribution >= 4 is 5.97 Å². The average molecular weight is 302 g/mol. The summed E-state index contributed by atoms with van der Waals surface area (Å²) in [5.41, 5.74) is 5.48. The van der Waals surface area contributed by atoms with Gasteiger partial charge < -0.3 is 5.11 Å². The Bertz CT molecular complexity index is 821. The molecule has 0 amide bonds. The van der Waals surface area contributed by atoms with Crippen molar-refractivity contribution in [2.45, 2.75) is 13.3 Å². The van der Waals surface area contributed by atoms with Gasteiger partial charge in [0, 0.05) is 0 Å². The molecule has 1 N–H and O–H groups in total. The molecule has 23 heavy (non-hydrogen) atoms. The smallest absolute Gasteiger partial charge is 0.335 e. The molecule has 0 atom stereocenters. The maximum Gasteiger partial charge on any atom is 0.335 e. The Kier molecular flexibility index (Phi) is 4.24. The van der Waals surface area contributed by atoms with Crippen LogP contribution in [0.2, 0.25) is 0 Å². The number of hydrogen-bond donors (Lipinski definition) is 1. The molecular formula is C21H18O2. The summed E-state index contributed by atoms with van der Waals surface area (Å²) in [7, 11) is 0. The third-order valence-electron chi connectivity index (χ3n) is 4.04. The minimum absolute atomic E-state index is 0.381. The summed E-state index contributed by atoms with van der Waals surface area (Å²) in [6, 6.07) is 23.7. The monoisotopic (exact) mass is 302 g/mol. The summed E-state index contributed by atoms with van der Waals surface area (Å²) in [5.74, 6) is -0.876. The molecule has 0 aliphatic heterocycles. The van der Waals surface area contributed by atoms with Gasteiger partial charge in [-0.2, -0.15) is 0 Å². The molecule has 3 aromatic rings. The molecule has 114 valence electrons. The summed E-state index contributed by atoms with van der Waals surface area (Å²) in [6.07, 6.45) is 0.673. The molecule has 0 heterocycles. The lowest BCUT2D eigenvalue weighted by Crippen LogP contribution is -2.05. The Morgan fingerprint density at radius 1 is 0.826 bits per heavy atom. The van der Waals surface area contributed by atoms with Crippen LogP contribution >= 0.6 is 0 Å². The van der Waals surface area contributed by atoms with E-state index >= 15 is 0 Å². The molecule has 0 unspecified atom stereocenters. The number of benzene rings is 3. The van der Waals surface area contributed by atoms with Crippen LogP contribution < -0.4 is 0 Å². The topological polar surface area (TPSA) is 37.3 Å². The van der Waals surface area contributed by atoms with Crippen molar-refractivity contribution in [3.8, 4) is 22.3 Å². The van der Waals surface area contributed by atoms with Gasteiger partial charge in [-0.05, 0) is 40.3 Å². The molecule has 2 heteroatoms. The first-order valence-corrected chi connectivity index (χ1v) is 7.72. The Morgan fingerprint density at radius 2 is 1.39 bits per heavy atom. The molecule has 3 aromatic carbocycles. The van der Waals surface area contributed by atoms with E-state index in [0.717, 1.165) is 27.8 Å². The fraction of sp³-hybridized carbons (Fsp3) is 0.0952. The number of hydrogen-bond acceptors (Lipinski definition) is 1. The largest absolute Gasteiger partial charge is 0.478 e. The van der Waals surface area contributed by atoms with Crippen LogP contribution in [0.4, 0.5) is 0 Å². The Morgan fingerprint density at radius 3 is 1.91 bits per heavy atom. The first kappa shape index (κ1) is 15.0. The predicted octanol–water partition coefficient (Wildman–Crippen LogP) is 5.28. The van der Waals surface area contributed by atoms with E-state index in [1.165, 1.54) is 0 Å². The van der Waals surface area contributed by atoms with Gasteiger partial charge in [-0.15, -0.1) is 0 Å². The zero-order valence-electron chi connectivity index (χ0n) is 13.0. The lowest BCUT2D eigenvalue weighted by atomic mass is 9.87. The summed E-state index contributed by atoms with van der Waals surface area (Å²) >= 11 is 0. The normalized spacial score (nSPS) is 10.5. The van der Waals surface area contributed by atoms with Crippen molar-refractivity contribution in [3.63, 3.8) is 0 Å². The van der Waals surface area contributed by atoms with Gasteiger partial charge in [0.05, 0.1) is 5.56 Å². The molecule has 0 spiro atoms. The number of carboxylic acid groups (broad SMARTS) is 1. The van der Waals surface area contributed by atoms with Crippen LogP contribution in [0.25, 0.3) is 22.3 Å². The Hall–Kier alpha value is -2.87. The first-order chi connectivity index (χ1) is 11.2. The number of carboxylic acids is 1. The van der Waals surface area contributed by atoms with E-state index in [1.807, 2.05) is 61.5 Å². The molecule has 0 saturated carbocycles. The number of rotatable bonds is 4. The van der Waals surface area contributed by atoms with Crippen molar-refractivity contribution in [3.05, 3.63) is 83.9 Å². The van der Waals surface area contributed by atoms with Gasteiger partial charge in [0.15, 0.2) is 0 Å². The molecular weight excluding hydrogens is 284 g/mol. The highest BCUT2D eigenvalue weighted by Gasteiger charge is 2.18. The van der Waals surface area contributed by atoms with Gasteiger partial charge in [0.25, 0.3) is 0 Å². The zero-order chi connectivity index (χ0) is 16.2. The SMILES string of the molecule is CCc1c(C(=O)O)ccc(-c2ccccc2)c1-c1ccccc1. The van der Waals surface area contributed by atoms with E-state index in [-0.39, 0.29) is 0 Å². The summed E-state index contributed by atoms with van der Waals surface area (Å²) < 4.78 is 0. The predicted molar refractivity (Wildman–Crippen MR) is 93.7 cm³/mol. The second-order valence-corrected chi connectivity index (χ2v) is 5.40. The minimum Gasteiger partial charge on any atom is -0.478 e. The van der Waals surface area contributed by atoms with Crippen molar-refractivity contribution < 1.29 is 9.90 Å². The molecule has 2 nitrogen and oxygen atoms in total. The lowest BCUT2D eigenvalue weighted by Gasteiger charge is -2.17. The molecule has 0 aromatic heterocycles. The maximum absolute atomic E-state index is 11.6. The molecule has 0 radical (unpaired) electrons. The highest BCUT2D eigenvalue weighted by Crippen LogP contribution is 2.37. The van der Waals surface area contributed by atoms with E-state index in [2.05, 4.69) is 12.1 Å². The van der Waals surface area contributed by atoms with Crippen LogP contribution in [0.5, 0.6) is 0 Å². The standard InChI is InChI=1S/C21H18O2/c1-2-17-19(21(22)23)14-13-18(15-9-5-3-6-10-15)20(17)16-11-7-4-8-12-16/h3-14H,2H2,1H3,(H,22,23). The van der Waals surface area contributed by atoms with Gasteiger partial charge >= 0.3 is 5.97 Å². The van der Waals surface area contributed by atoms with Crippen LogP contribution in [-0.2, 0) is 6.42 Å². The van der Waals surface area contributed by atoms with Gasteiger partial charge in [0.2, 0.25) is 0 Å².